The van der Waals surface area contributed by atoms with Crippen LogP contribution in [0.2, 0.25) is 0 Å². The van der Waals surface area contributed by atoms with Crippen LogP contribution in [0.15, 0.2) is 30.5 Å². The lowest BCUT2D eigenvalue weighted by molar-refractivity contribution is -0.264. The van der Waals surface area contributed by atoms with Gasteiger partial charge < -0.3 is 15.1 Å². The maximum atomic E-state index is 11.9. The monoisotopic (exact) mass is 718 g/mol. The van der Waals surface area contributed by atoms with E-state index in [0.29, 0.717) is 64.8 Å². The minimum atomic E-state index is -2.83. The van der Waals surface area contributed by atoms with Crippen molar-refractivity contribution in [2.45, 2.75) is 118 Å². The third kappa shape index (κ3) is 5.67. The molecule has 9 atom stereocenters. The summed E-state index contributed by atoms with van der Waals surface area (Å²) in [5.41, 5.74) is 4.51. The minimum absolute atomic E-state index is 0.0153. The average molecular weight is 718 g/mol. The van der Waals surface area contributed by atoms with E-state index < -0.39 is 9.84 Å². The summed E-state index contributed by atoms with van der Waals surface area (Å²) in [6, 6.07) is 6.19. The molecule has 0 bridgehead atoms. The second kappa shape index (κ2) is 12.8. The molecule has 2 saturated heterocycles. The zero-order chi connectivity index (χ0) is 36.7. The summed E-state index contributed by atoms with van der Waals surface area (Å²) in [5, 5.41) is 13.4. The van der Waals surface area contributed by atoms with Crippen molar-refractivity contribution in [3.8, 4) is 6.07 Å². The highest BCUT2D eigenvalue weighted by Gasteiger charge is 2.74. The molecule has 0 unspecified atom stereocenters. The normalized spacial score (nSPS) is 42.9. The predicted molar refractivity (Wildman–Crippen MR) is 208 cm³/mol. The van der Waals surface area contributed by atoms with Gasteiger partial charge in [-0.2, -0.15) is 5.26 Å². The van der Waals surface area contributed by atoms with Crippen LogP contribution in [0, 0.1) is 62.1 Å². The maximum absolute atomic E-state index is 11.9. The van der Waals surface area contributed by atoms with Gasteiger partial charge in [-0.1, -0.05) is 39.8 Å². The molecule has 7 rings (SSSR count). The number of nitriles is 1. The second-order valence-corrected chi connectivity index (χ2v) is 22.1. The van der Waals surface area contributed by atoms with Crippen LogP contribution in [0.5, 0.6) is 0 Å². The number of fused-ring (bicyclic) bond motifs is 7. The Morgan fingerprint density at radius 3 is 2.31 bits per heavy atom. The van der Waals surface area contributed by atoms with Crippen LogP contribution in [0.3, 0.4) is 0 Å². The van der Waals surface area contributed by atoms with Gasteiger partial charge in [0.25, 0.3) is 0 Å². The predicted octanol–water partition coefficient (Wildman–Crippen LogP) is 7.88. The highest BCUT2D eigenvalue weighted by Crippen LogP contribution is 2.80. The van der Waals surface area contributed by atoms with E-state index in [1.807, 2.05) is 12.3 Å². The number of hydrogen-bond donors (Lipinski definition) is 1. The van der Waals surface area contributed by atoms with E-state index >= 15 is 0 Å². The molecule has 4 saturated carbocycles. The molecule has 0 amide bonds. The van der Waals surface area contributed by atoms with Crippen LogP contribution < -0.4 is 10.2 Å². The number of pyridine rings is 1. The third-order valence-electron chi connectivity index (χ3n) is 17.6. The van der Waals surface area contributed by atoms with Crippen LogP contribution in [-0.2, 0) is 9.84 Å². The first kappa shape index (κ1) is 37.4. The topological polar surface area (TPSA) is 89.3 Å². The van der Waals surface area contributed by atoms with E-state index in [9.17, 15) is 13.7 Å². The highest BCUT2D eigenvalue weighted by atomic mass is 32.2. The summed E-state index contributed by atoms with van der Waals surface area (Å²) >= 11 is 0. The standard InChI is InChI=1S/C43H67N5O2S/c1-31(2)34-12-17-43(30-45-21-9-22-47-24-26-51(49,50)27-25-47)19-18-42(8)40(6)15-13-35-38(3,4)48(33-11-10-32(28-44)46-29-33)23-20-39(35,5)36(40)14-16-41(42,7)37(34)43/h10-11,29,34-37,45H,1,9,12-27,30H2,2-8H3/t34-,35-,36+,37+,39-,40+,41+,42-,43+/m0/s1. The van der Waals surface area contributed by atoms with Gasteiger partial charge in [-0.15, -0.1) is 0 Å². The molecule has 4 aliphatic carbocycles. The number of sulfone groups is 1. The van der Waals surface area contributed by atoms with E-state index in [-0.39, 0.29) is 21.8 Å². The summed E-state index contributed by atoms with van der Waals surface area (Å²) in [6.07, 6.45) is 14.7. The Balaban J connectivity index is 1.10. The average Bonchev–Trinajstić information content (AvgIpc) is 3.48. The lowest BCUT2D eigenvalue weighted by Crippen LogP contribution is -2.72. The van der Waals surface area contributed by atoms with Gasteiger partial charge in [0.05, 0.1) is 23.4 Å². The van der Waals surface area contributed by atoms with E-state index in [2.05, 4.69) is 87.3 Å². The van der Waals surface area contributed by atoms with Crippen LogP contribution >= 0.6 is 0 Å². The molecule has 8 heteroatoms. The first-order chi connectivity index (χ1) is 24.0. The van der Waals surface area contributed by atoms with Crippen molar-refractivity contribution < 1.29 is 8.42 Å². The van der Waals surface area contributed by atoms with E-state index in [1.54, 1.807) is 0 Å². The Morgan fingerprint density at radius 2 is 1.65 bits per heavy atom. The number of hydrogen-bond acceptors (Lipinski definition) is 7. The van der Waals surface area contributed by atoms with Gasteiger partial charge in [0, 0.05) is 31.7 Å². The minimum Gasteiger partial charge on any atom is -0.365 e. The Labute approximate surface area is 310 Å². The molecular formula is C43H67N5O2S. The van der Waals surface area contributed by atoms with Crippen molar-refractivity contribution in [3.05, 3.63) is 36.2 Å². The van der Waals surface area contributed by atoms with Crippen LogP contribution in [0.4, 0.5) is 5.69 Å². The molecule has 1 aromatic heterocycles. The van der Waals surface area contributed by atoms with Crippen LogP contribution in [-0.4, -0.2) is 74.6 Å². The van der Waals surface area contributed by atoms with Gasteiger partial charge >= 0.3 is 0 Å². The summed E-state index contributed by atoms with van der Waals surface area (Å²) in [7, 11) is -2.83. The Morgan fingerprint density at radius 1 is 0.941 bits per heavy atom. The molecule has 51 heavy (non-hydrogen) atoms. The van der Waals surface area contributed by atoms with Gasteiger partial charge in [-0.3, -0.25) is 0 Å². The number of nitrogens with zero attached hydrogens (tertiary/aromatic N) is 4. The van der Waals surface area contributed by atoms with E-state index in [1.165, 1.54) is 63.4 Å². The number of nitrogens with one attached hydrogen (secondary N) is 1. The van der Waals surface area contributed by atoms with Crippen molar-refractivity contribution in [1.82, 2.24) is 15.2 Å². The van der Waals surface area contributed by atoms with E-state index in [0.717, 1.165) is 38.3 Å². The molecule has 2 aliphatic heterocycles. The summed E-state index contributed by atoms with van der Waals surface area (Å²) in [5.74, 6) is 3.21. The maximum Gasteiger partial charge on any atom is 0.152 e. The number of rotatable bonds is 8. The van der Waals surface area contributed by atoms with Gasteiger partial charge in [0.15, 0.2) is 9.84 Å². The molecular weight excluding hydrogens is 651 g/mol. The summed E-state index contributed by atoms with van der Waals surface area (Å²) in [4.78, 5) is 9.42. The largest absolute Gasteiger partial charge is 0.365 e. The fraction of sp³-hybridized carbons (Fsp3) is 0.814. The first-order valence-corrected chi connectivity index (χ1v) is 22.2. The molecule has 0 spiro atoms. The summed E-state index contributed by atoms with van der Waals surface area (Å²) < 4.78 is 23.8. The quantitative estimate of drug-likeness (QED) is 0.216. The summed E-state index contributed by atoms with van der Waals surface area (Å²) in [6.45, 7) is 28.4. The number of anilines is 1. The fourth-order valence-corrected chi connectivity index (χ4v) is 16.0. The first-order valence-electron chi connectivity index (χ1n) is 20.4. The lowest BCUT2D eigenvalue weighted by Gasteiger charge is -2.76. The van der Waals surface area contributed by atoms with Crippen molar-refractivity contribution in [3.63, 3.8) is 0 Å². The van der Waals surface area contributed by atoms with Gasteiger partial charge in [0.2, 0.25) is 0 Å². The van der Waals surface area contributed by atoms with Crippen molar-refractivity contribution in [1.29, 1.82) is 5.26 Å². The molecule has 1 aromatic rings. The Kier molecular flexibility index (Phi) is 9.40. The van der Waals surface area contributed by atoms with Gasteiger partial charge in [-0.25, -0.2) is 13.4 Å². The zero-order valence-electron chi connectivity index (χ0n) is 33.0. The van der Waals surface area contributed by atoms with Gasteiger partial charge in [-0.05, 0) is 161 Å². The smallest absolute Gasteiger partial charge is 0.152 e. The number of piperidine rings is 1. The lowest BCUT2D eigenvalue weighted by atomic mass is 9.29. The molecule has 1 N–H and O–H groups in total. The molecule has 0 aromatic carbocycles. The van der Waals surface area contributed by atoms with Crippen molar-refractivity contribution in [2.75, 3.05) is 55.7 Å². The number of allylic oxidation sites excluding steroid dienone is 1. The Hall–Kier alpha value is -1.95. The SMILES string of the molecule is C=C(C)[C@@H]1CC[C@]2(CNCCCN3CCS(=O)(=O)CC3)CC[C@@]3(C)[C@]4(C)CC[C@H]5C(C)(C)N(c6ccc(C#N)nc6)CC[C@]5(C)[C@H]4CC[C@]3(C)[C@@H]12. The fourth-order valence-electron chi connectivity index (χ4n) is 14.7. The molecule has 3 heterocycles. The molecule has 282 valence electrons. The molecule has 6 aliphatic rings. The zero-order valence-corrected chi connectivity index (χ0v) is 33.8. The highest BCUT2D eigenvalue weighted by molar-refractivity contribution is 7.91. The second-order valence-electron chi connectivity index (χ2n) is 19.8. The number of aromatic nitrogens is 1. The van der Waals surface area contributed by atoms with Crippen molar-refractivity contribution in [2.24, 2.45) is 50.7 Å². The molecule has 7 nitrogen and oxygen atoms in total. The van der Waals surface area contributed by atoms with Crippen LogP contribution in [0.1, 0.15) is 118 Å². The molecule has 0 radical (unpaired) electrons. The van der Waals surface area contributed by atoms with Crippen LogP contribution in [0.25, 0.3) is 0 Å². The molecule has 6 fully saturated rings. The van der Waals surface area contributed by atoms with Gasteiger partial charge in [0.1, 0.15) is 11.8 Å². The van der Waals surface area contributed by atoms with Crippen molar-refractivity contribution >= 4 is 15.5 Å². The third-order valence-corrected chi connectivity index (χ3v) is 19.2. The van der Waals surface area contributed by atoms with E-state index in [4.69, 9.17) is 0 Å². The Bertz CT molecular complexity index is 1640.